The third kappa shape index (κ3) is 4.51. The van der Waals surface area contributed by atoms with Crippen LogP contribution >= 0.6 is 11.6 Å². The number of carbonyl (C=O) groups excluding carboxylic acids is 2. The average Bonchev–Trinajstić information content (AvgIpc) is 2.95. The summed E-state index contributed by atoms with van der Waals surface area (Å²) in [6, 6.07) is 6.38. The van der Waals surface area contributed by atoms with Gasteiger partial charge in [0.05, 0.1) is 11.7 Å². The van der Waals surface area contributed by atoms with E-state index in [1.165, 1.54) is 6.07 Å². The second-order valence-corrected chi connectivity index (χ2v) is 4.96. The topological polar surface area (TPSA) is 64.6 Å². The van der Waals surface area contributed by atoms with E-state index >= 15 is 0 Å². The average molecular weight is 298 g/mol. The predicted octanol–water partition coefficient (Wildman–Crippen LogP) is 1.79. The van der Waals surface area contributed by atoms with E-state index in [-0.39, 0.29) is 18.6 Å². The summed E-state index contributed by atoms with van der Waals surface area (Å²) in [4.78, 5) is 23.2. The van der Waals surface area contributed by atoms with Crippen LogP contribution in [0.25, 0.3) is 0 Å². The highest BCUT2D eigenvalue weighted by atomic mass is 35.5. The molecule has 0 saturated carbocycles. The van der Waals surface area contributed by atoms with Gasteiger partial charge < -0.3 is 14.8 Å². The molecule has 108 valence electrons. The highest BCUT2D eigenvalue weighted by Crippen LogP contribution is 2.12. The first-order valence-corrected chi connectivity index (χ1v) is 6.84. The summed E-state index contributed by atoms with van der Waals surface area (Å²) < 4.78 is 10.3. The number of ether oxygens (including phenoxy) is 2. The summed E-state index contributed by atoms with van der Waals surface area (Å²) in [5, 5.41) is 3.12. The van der Waals surface area contributed by atoms with Crippen LogP contribution in [0.3, 0.4) is 0 Å². The molecule has 1 aliphatic rings. The quantitative estimate of drug-likeness (QED) is 0.842. The molecule has 0 spiro atoms. The van der Waals surface area contributed by atoms with E-state index in [1.54, 1.807) is 18.2 Å². The van der Waals surface area contributed by atoms with Gasteiger partial charge in [-0.05, 0) is 31.0 Å². The zero-order chi connectivity index (χ0) is 14.4. The first kappa shape index (κ1) is 14.8. The molecule has 1 amide bonds. The van der Waals surface area contributed by atoms with Crippen molar-refractivity contribution in [2.24, 2.45) is 0 Å². The van der Waals surface area contributed by atoms with Crippen LogP contribution in [0, 0.1) is 0 Å². The number of halogens is 1. The Morgan fingerprint density at radius 3 is 3.00 bits per heavy atom. The van der Waals surface area contributed by atoms with Gasteiger partial charge in [0.25, 0.3) is 5.91 Å². The molecule has 1 aliphatic heterocycles. The fourth-order valence-corrected chi connectivity index (χ4v) is 2.10. The number of rotatable bonds is 5. The van der Waals surface area contributed by atoms with Crippen LogP contribution in [-0.4, -0.2) is 37.7 Å². The van der Waals surface area contributed by atoms with Crippen molar-refractivity contribution >= 4 is 23.5 Å². The lowest BCUT2D eigenvalue weighted by Gasteiger charge is -2.11. The van der Waals surface area contributed by atoms with Crippen molar-refractivity contribution < 1.29 is 19.1 Å². The van der Waals surface area contributed by atoms with Gasteiger partial charge in [0.15, 0.2) is 6.61 Å². The van der Waals surface area contributed by atoms with Crippen LogP contribution in [0.5, 0.6) is 0 Å². The second-order valence-electron chi connectivity index (χ2n) is 4.53. The van der Waals surface area contributed by atoms with Crippen LogP contribution in [0.15, 0.2) is 24.3 Å². The van der Waals surface area contributed by atoms with E-state index in [1.807, 2.05) is 0 Å². The minimum absolute atomic E-state index is 0.0718. The molecule has 1 heterocycles. The Morgan fingerprint density at radius 1 is 1.45 bits per heavy atom. The molecule has 0 radical (unpaired) electrons. The van der Waals surface area contributed by atoms with Gasteiger partial charge in [-0.1, -0.05) is 17.7 Å². The Hall–Kier alpha value is -1.59. The molecular formula is C14H16ClNO4. The fourth-order valence-electron chi connectivity index (χ4n) is 1.91. The minimum atomic E-state index is -0.570. The Labute approximate surface area is 122 Å². The van der Waals surface area contributed by atoms with Crippen molar-refractivity contribution in [2.45, 2.75) is 18.9 Å². The Kier molecular flexibility index (Phi) is 5.38. The highest BCUT2D eigenvalue weighted by Gasteiger charge is 2.17. The molecular weight excluding hydrogens is 282 g/mol. The lowest BCUT2D eigenvalue weighted by Crippen LogP contribution is -2.34. The normalized spacial score (nSPS) is 17.8. The van der Waals surface area contributed by atoms with E-state index in [4.69, 9.17) is 21.1 Å². The van der Waals surface area contributed by atoms with Crippen LogP contribution in [0.4, 0.5) is 0 Å². The maximum absolute atomic E-state index is 11.7. The fraction of sp³-hybridized carbons (Fsp3) is 0.429. The van der Waals surface area contributed by atoms with Crippen molar-refractivity contribution in [1.29, 1.82) is 0 Å². The molecule has 1 fully saturated rings. The van der Waals surface area contributed by atoms with Gasteiger partial charge >= 0.3 is 5.97 Å². The molecule has 1 N–H and O–H groups in total. The van der Waals surface area contributed by atoms with E-state index < -0.39 is 5.97 Å². The molecule has 1 saturated heterocycles. The van der Waals surface area contributed by atoms with Crippen molar-refractivity contribution in [1.82, 2.24) is 5.32 Å². The number of carbonyl (C=O) groups is 2. The Morgan fingerprint density at radius 2 is 2.30 bits per heavy atom. The molecule has 0 aliphatic carbocycles. The zero-order valence-electron chi connectivity index (χ0n) is 10.9. The minimum Gasteiger partial charge on any atom is -0.452 e. The van der Waals surface area contributed by atoms with Crippen LogP contribution < -0.4 is 5.32 Å². The number of hydrogen-bond donors (Lipinski definition) is 1. The van der Waals surface area contributed by atoms with E-state index in [0.29, 0.717) is 17.1 Å². The van der Waals surface area contributed by atoms with Gasteiger partial charge in [-0.2, -0.15) is 0 Å². The van der Waals surface area contributed by atoms with Crippen molar-refractivity contribution in [2.75, 3.05) is 19.8 Å². The molecule has 0 aromatic heterocycles. The molecule has 6 heteroatoms. The lowest BCUT2D eigenvalue weighted by atomic mass is 10.2. The maximum atomic E-state index is 11.7. The van der Waals surface area contributed by atoms with Crippen LogP contribution in [-0.2, 0) is 14.3 Å². The second kappa shape index (κ2) is 7.26. The van der Waals surface area contributed by atoms with Gasteiger partial charge in [0.2, 0.25) is 0 Å². The molecule has 2 rings (SSSR count). The van der Waals surface area contributed by atoms with Gasteiger partial charge in [-0.25, -0.2) is 4.79 Å². The molecule has 1 atom stereocenters. The van der Waals surface area contributed by atoms with Gasteiger partial charge in [-0.15, -0.1) is 0 Å². The van der Waals surface area contributed by atoms with Crippen LogP contribution in [0.2, 0.25) is 5.02 Å². The number of benzene rings is 1. The summed E-state index contributed by atoms with van der Waals surface area (Å²) >= 11 is 5.77. The van der Waals surface area contributed by atoms with E-state index in [0.717, 1.165) is 19.4 Å². The molecule has 20 heavy (non-hydrogen) atoms. The Balaban J connectivity index is 1.71. The first-order chi connectivity index (χ1) is 9.65. The molecule has 0 bridgehead atoms. The summed E-state index contributed by atoms with van der Waals surface area (Å²) in [7, 11) is 0. The van der Waals surface area contributed by atoms with Gasteiger partial charge in [-0.3, -0.25) is 4.79 Å². The summed E-state index contributed by atoms with van der Waals surface area (Å²) in [6.45, 7) is 0.885. The third-order valence-electron chi connectivity index (χ3n) is 2.95. The monoisotopic (exact) mass is 297 g/mol. The zero-order valence-corrected chi connectivity index (χ0v) is 11.7. The lowest BCUT2D eigenvalue weighted by molar-refractivity contribution is -0.124. The van der Waals surface area contributed by atoms with E-state index in [2.05, 4.69) is 5.32 Å². The van der Waals surface area contributed by atoms with Gasteiger partial charge in [0.1, 0.15) is 0 Å². The Bertz CT molecular complexity index is 486. The highest BCUT2D eigenvalue weighted by molar-refractivity contribution is 6.30. The van der Waals surface area contributed by atoms with E-state index in [9.17, 15) is 9.59 Å². The van der Waals surface area contributed by atoms with Crippen LogP contribution in [0.1, 0.15) is 23.2 Å². The molecule has 1 aromatic carbocycles. The molecule has 0 unspecified atom stereocenters. The number of hydrogen-bond acceptors (Lipinski definition) is 4. The SMILES string of the molecule is O=C(COC(=O)c1cccc(Cl)c1)NC[C@H]1CCCO1. The largest absolute Gasteiger partial charge is 0.452 e. The smallest absolute Gasteiger partial charge is 0.338 e. The predicted molar refractivity (Wildman–Crippen MR) is 73.7 cm³/mol. The number of nitrogens with one attached hydrogen (secondary N) is 1. The van der Waals surface area contributed by atoms with Crippen molar-refractivity contribution in [3.05, 3.63) is 34.9 Å². The van der Waals surface area contributed by atoms with Crippen molar-refractivity contribution in [3.8, 4) is 0 Å². The summed E-state index contributed by atoms with van der Waals surface area (Å²) in [5.41, 5.74) is 0.324. The molecule has 1 aromatic rings. The maximum Gasteiger partial charge on any atom is 0.338 e. The molecule has 5 nitrogen and oxygen atoms in total. The first-order valence-electron chi connectivity index (χ1n) is 6.46. The third-order valence-corrected chi connectivity index (χ3v) is 3.18. The summed E-state index contributed by atoms with van der Waals surface area (Å²) in [5.74, 6) is -0.907. The standard InChI is InChI=1S/C14H16ClNO4/c15-11-4-1-3-10(7-11)14(18)20-9-13(17)16-8-12-5-2-6-19-12/h1,3-4,7,12H,2,5-6,8-9H2,(H,16,17)/t12-/m1/s1. The number of esters is 1. The van der Waals surface area contributed by atoms with Crippen molar-refractivity contribution in [3.63, 3.8) is 0 Å². The number of amides is 1. The summed E-state index contributed by atoms with van der Waals surface area (Å²) in [6.07, 6.45) is 2.04. The van der Waals surface area contributed by atoms with Gasteiger partial charge in [0, 0.05) is 18.2 Å².